The van der Waals surface area contributed by atoms with E-state index in [0.29, 0.717) is 17.3 Å². The lowest BCUT2D eigenvalue weighted by atomic mass is 10.2. The highest BCUT2D eigenvalue weighted by atomic mass is 35.5. The number of hydrogen-bond acceptors (Lipinski definition) is 4. The van der Waals surface area contributed by atoms with Gasteiger partial charge in [0.1, 0.15) is 17.2 Å². The van der Waals surface area contributed by atoms with E-state index in [4.69, 9.17) is 25.8 Å². The summed E-state index contributed by atoms with van der Waals surface area (Å²) in [6, 6.07) is 11.3. The van der Waals surface area contributed by atoms with Crippen LogP contribution in [0.3, 0.4) is 0 Å². The first-order valence-corrected chi connectivity index (χ1v) is 6.84. The summed E-state index contributed by atoms with van der Waals surface area (Å²) in [5.74, 6) is 2.20. The molecule has 2 rings (SSSR count). The van der Waals surface area contributed by atoms with Gasteiger partial charge in [-0.15, -0.1) is 0 Å². The van der Waals surface area contributed by atoms with Crippen LogP contribution in [0.4, 0.5) is 5.69 Å². The predicted octanol–water partition coefficient (Wildman–Crippen LogP) is 3.98. The number of methoxy groups -OCH3 is 3. The molecule has 0 atom stereocenters. The second kappa shape index (κ2) is 7.09. The summed E-state index contributed by atoms with van der Waals surface area (Å²) in [4.78, 5) is 0. The Morgan fingerprint density at radius 3 is 2.29 bits per heavy atom. The molecule has 0 radical (unpaired) electrons. The van der Waals surface area contributed by atoms with Crippen LogP contribution in [0.15, 0.2) is 36.4 Å². The van der Waals surface area contributed by atoms with Crippen LogP contribution in [-0.2, 0) is 6.54 Å². The van der Waals surface area contributed by atoms with E-state index in [1.165, 1.54) is 0 Å². The van der Waals surface area contributed by atoms with E-state index < -0.39 is 0 Å². The van der Waals surface area contributed by atoms with E-state index in [1.54, 1.807) is 21.3 Å². The molecule has 0 bridgehead atoms. The zero-order valence-electron chi connectivity index (χ0n) is 12.3. The number of hydrogen-bond donors (Lipinski definition) is 1. The lowest BCUT2D eigenvalue weighted by Crippen LogP contribution is -2.02. The second-order valence-electron chi connectivity index (χ2n) is 4.38. The second-order valence-corrected chi connectivity index (χ2v) is 4.79. The summed E-state index contributed by atoms with van der Waals surface area (Å²) < 4.78 is 15.7. The number of benzene rings is 2. The summed E-state index contributed by atoms with van der Waals surface area (Å²) in [5.41, 5.74) is 1.95. The van der Waals surface area contributed by atoms with Gasteiger partial charge in [-0.3, -0.25) is 0 Å². The topological polar surface area (TPSA) is 39.7 Å². The minimum Gasteiger partial charge on any atom is -0.497 e. The average molecular weight is 308 g/mol. The third kappa shape index (κ3) is 3.73. The van der Waals surface area contributed by atoms with Crippen molar-refractivity contribution in [3.8, 4) is 17.2 Å². The maximum absolute atomic E-state index is 6.10. The highest BCUT2D eigenvalue weighted by Crippen LogP contribution is 2.29. The number of anilines is 1. The van der Waals surface area contributed by atoms with Crippen LogP contribution in [0.1, 0.15) is 5.56 Å². The Hall–Kier alpha value is -2.07. The molecule has 0 fully saturated rings. The van der Waals surface area contributed by atoms with Crippen molar-refractivity contribution in [2.24, 2.45) is 0 Å². The van der Waals surface area contributed by atoms with Gasteiger partial charge >= 0.3 is 0 Å². The lowest BCUT2D eigenvalue weighted by Gasteiger charge is -2.13. The summed E-state index contributed by atoms with van der Waals surface area (Å²) in [6.07, 6.45) is 0. The van der Waals surface area contributed by atoms with Crippen molar-refractivity contribution < 1.29 is 14.2 Å². The van der Waals surface area contributed by atoms with Crippen molar-refractivity contribution >= 4 is 17.3 Å². The van der Waals surface area contributed by atoms with Crippen molar-refractivity contribution in [1.29, 1.82) is 0 Å². The molecule has 1 N–H and O–H groups in total. The van der Waals surface area contributed by atoms with Crippen LogP contribution in [-0.4, -0.2) is 21.3 Å². The minimum atomic E-state index is 0.573. The largest absolute Gasteiger partial charge is 0.497 e. The van der Waals surface area contributed by atoms with Crippen LogP contribution < -0.4 is 19.5 Å². The van der Waals surface area contributed by atoms with Crippen LogP contribution in [0.25, 0.3) is 0 Å². The standard InChI is InChI=1S/C16H18ClNO3/c1-19-13-6-4-11(16(9-13)21-3)10-18-12-5-7-15(20-2)14(17)8-12/h4-9,18H,10H2,1-3H3. The van der Waals surface area contributed by atoms with Crippen LogP contribution in [0.5, 0.6) is 17.2 Å². The maximum Gasteiger partial charge on any atom is 0.137 e. The normalized spacial score (nSPS) is 10.1. The Morgan fingerprint density at radius 2 is 1.67 bits per heavy atom. The van der Waals surface area contributed by atoms with E-state index in [2.05, 4.69) is 5.32 Å². The van der Waals surface area contributed by atoms with E-state index in [9.17, 15) is 0 Å². The first-order chi connectivity index (χ1) is 10.2. The molecule has 2 aromatic carbocycles. The van der Waals surface area contributed by atoms with Gasteiger partial charge in [0.25, 0.3) is 0 Å². The zero-order valence-corrected chi connectivity index (χ0v) is 13.0. The fraction of sp³-hybridized carbons (Fsp3) is 0.250. The number of rotatable bonds is 6. The first kappa shape index (κ1) is 15.3. The van der Waals surface area contributed by atoms with Crippen molar-refractivity contribution in [2.45, 2.75) is 6.54 Å². The average Bonchev–Trinajstić information content (AvgIpc) is 2.52. The monoisotopic (exact) mass is 307 g/mol. The Bertz CT molecular complexity index is 616. The van der Waals surface area contributed by atoms with E-state index >= 15 is 0 Å². The van der Waals surface area contributed by atoms with Crippen LogP contribution >= 0.6 is 11.6 Å². The zero-order chi connectivity index (χ0) is 15.2. The van der Waals surface area contributed by atoms with Crippen LogP contribution in [0, 0.1) is 0 Å². The van der Waals surface area contributed by atoms with Crippen molar-refractivity contribution in [3.05, 3.63) is 47.0 Å². The Balaban J connectivity index is 2.10. The smallest absolute Gasteiger partial charge is 0.137 e. The first-order valence-electron chi connectivity index (χ1n) is 6.46. The van der Waals surface area contributed by atoms with Gasteiger partial charge in [0.05, 0.1) is 26.4 Å². The van der Waals surface area contributed by atoms with Gasteiger partial charge in [-0.25, -0.2) is 0 Å². The predicted molar refractivity (Wildman–Crippen MR) is 84.9 cm³/mol. The van der Waals surface area contributed by atoms with Crippen molar-refractivity contribution in [3.63, 3.8) is 0 Å². The third-order valence-corrected chi connectivity index (χ3v) is 3.42. The molecular weight excluding hydrogens is 290 g/mol. The van der Waals surface area contributed by atoms with Gasteiger partial charge in [0.2, 0.25) is 0 Å². The van der Waals surface area contributed by atoms with Gasteiger partial charge < -0.3 is 19.5 Å². The van der Waals surface area contributed by atoms with Crippen molar-refractivity contribution in [1.82, 2.24) is 0 Å². The van der Waals surface area contributed by atoms with Gasteiger partial charge in [-0.1, -0.05) is 11.6 Å². The molecule has 0 saturated heterocycles. The Labute approximate surface area is 129 Å². The number of ether oxygens (including phenoxy) is 3. The number of nitrogens with one attached hydrogen (secondary N) is 1. The molecule has 112 valence electrons. The Kier molecular flexibility index (Phi) is 5.17. The van der Waals surface area contributed by atoms with Gasteiger partial charge in [-0.2, -0.15) is 0 Å². The molecule has 2 aromatic rings. The Morgan fingerprint density at radius 1 is 0.905 bits per heavy atom. The minimum absolute atomic E-state index is 0.573. The molecular formula is C16H18ClNO3. The molecule has 0 aliphatic carbocycles. The SMILES string of the molecule is COc1ccc(CNc2ccc(OC)c(Cl)c2)c(OC)c1. The molecule has 5 heteroatoms. The third-order valence-electron chi connectivity index (χ3n) is 3.13. The molecule has 0 saturated carbocycles. The summed E-state index contributed by atoms with van der Waals surface area (Å²) in [7, 11) is 4.87. The molecule has 0 unspecified atom stereocenters. The summed E-state index contributed by atoms with van der Waals surface area (Å²) >= 11 is 6.10. The summed E-state index contributed by atoms with van der Waals surface area (Å²) in [5, 5.41) is 3.88. The molecule has 21 heavy (non-hydrogen) atoms. The van der Waals surface area contributed by atoms with E-state index in [0.717, 1.165) is 22.7 Å². The molecule has 0 aliphatic rings. The highest BCUT2D eigenvalue weighted by molar-refractivity contribution is 6.32. The van der Waals surface area contributed by atoms with E-state index in [1.807, 2.05) is 36.4 Å². The van der Waals surface area contributed by atoms with Gasteiger partial charge in [-0.05, 0) is 30.3 Å². The molecule has 0 amide bonds. The quantitative estimate of drug-likeness (QED) is 0.876. The van der Waals surface area contributed by atoms with E-state index in [-0.39, 0.29) is 0 Å². The van der Waals surface area contributed by atoms with Gasteiger partial charge in [0, 0.05) is 23.9 Å². The molecule has 4 nitrogen and oxygen atoms in total. The fourth-order valence-electron chi connectivity index (χ4n) is 1.97. The lowest BCUT2D eigenvalue weighted by molar-refractivity contribution is 0.391. The fourth-order valence-corrected chi connectivity index (χ4v) is 2.23. The molecule has 0 aliphatic heterocycles. The molecule has 0 heterocycles. The van der Waals surface area contributed by atoms with Crippen molar-refractivity contribution in [2.75, 3.05) is 26.6 Å². The maximum atomic E-state index is 6.10. The molecule has 0 spiro atoms. The highest BCUT2D eigenvalue weighted by Gasteiger charge is 2.06. The summed E-state index contributed by atoms with van der Waals surface area (Å²) in [6.45, 7) is 0.621. The number of halogens is 1. The van der Waals surface area contributed by atoms with Crippen LogP contribution in [0.2, 0.25) is 5.02 Å². The van der Waals surface area contributed by atoms with Gasteiger partial charge in [0.15, 0.2) is 0 Å². The molecule has 0 aromatic heterocycles.